The van der Waals surface area contributed by atoms with Crippen molar-refractivity contribution in [3.8, 4) is 0 Å². The number of esters is 1. The molecular formula is C12H21N3O2. The van der Waals surface area contributed by atoms with Crippen molar-refractivity contribution in [2.24, 2.45) is 0 Å². The first-order chi connectivity index (χ1) is 8.27. The normalized spacial score (nSPS) is 10.5. The highest BCUT2D eigenvalue weighted by molar-refractivity contribution is 5.69. The van der Waals surface area contributed by atoms with E-state index in [0.717, 1.165) is 31.9 Å². The molecule has 96 valence electrons. The number of imidazole rings is 1. The van der Waals surface area contributed by atoms with Gasteiger partial charge >= 0.3 is 5.97 Å². The maximum atomic E-state index is 11.1. The number of aryl methyl sites for hydroxylation is 1. The van der Waals surface area contributed by atoms with Gasteiger partial charge in [-0.3, -0.25) is 4.79 Å². The van der Waals surface area contributed by atoms with Gasteiger partial charge in [0.2, 0.25) is 0 Å². The summed E-state index contributed by atoms with van der Waals surface area (Å²) in [5.74, 6) is 0.910. The summed E-state index contributed by atoms with van der Waals surface area (Å²) in [4.78, 5) is 15.3. The molecule has 0 aliphatic heterocycles. The minimum absolute atomic E-state index is 0.121. The van der Waals surface area contributed by atoms with Gasteiger partial charge in [0.1, 0.15) is 5.82 Å². The van der Waals surface area contributed by atoms with E-state index in [1.807, 2.05) is 13.1 Å². The van der Waals surface area contributed by atoms with E-state index in [4.69, 9.17) is 4.74 Å². The Bertz CT molecular complexity index is 336. The highest BCUT2D eigenvalue weighted by Gasteiger charge is 2.02. The van der Waals surface area contributed by atoms with E-state index in [1.54, 1.807) is 6.20 Å². The van der Waals surface area contributed by atoms with Gasteiger partial charge in [0.25, 0.3) is 0 Å². The van der Waals surface area contributed by atoms with Gasteiger partial charge in [-0.05, 0) is 26.8 Å². The standard InChI is InChI=1S/C12H21N3O2/c1-3-15-9-8-14-11(15)10-13-7-5-6-12(16)17-4-2/h8-9,13H,3-7,10H2,1-2H3. The van der Waals surface area contributed by atoms with Gasteiger partial charge in [0, 0.05) is 25.4 Å². The van der Waals surface area contributed by atoms with Crippen LogP contribution in [0, 0.1) is 0 Å². The SMILES string of the molecule is CCOC(=O)CCCNCc1nccn1CC. The summed E-state index contributed by atoms with van der Waals surface area (Å²) in [6.45, 7) is 6.84. The minimum Gasteiger partial charge on any atom is -0.466 e. The summed E-state index contributed by atoms with van der Waals surface area (Å²) in [5, 5.41) is 3.27. The predicted molar refractivity (Wildman–Crippen MR) is 65.5 cm³/mol. The topological polar surface area (TPSA) is 56.1 Å². The fourth-order valence-electron chi connectivity index (χ4n) is 1.59. The van der Waals surface area contributed by atoms with Crippen LogP contribution < -0.4 is 5.32 Å². The second-order valence-electron chi connectivity index (χ2n) is 3.71. The van der Waals surface area contributed by atoms with Crippen LogP contribution in [0.4, 0.5) is 0 Å². The summed E-state index contributed by atoms with van der Waals surface area (Å²) in [5.41, 5.74) is 0. The highest BCUT2D eigenvalue weighted by atomic mass is 16.5. The number of hydrogen-bond acceptors (Lipinski definition) is 4. The lowest BCUT2D eigenvalue weighted by Gasteiger charge is -2.06. The Hall–Kier alpha value is -1.36. The molecule has 17 heavy (non-hydrogen) atoms. The molecule has 0 aliphatic rings. The van der Waals surface area contributed by atoms with Gasteiger partial charge in [-0.2, -0.15) is 0 Å². The average Bonchev–Trinajstić information content (AvgIpc) is 2.76. The molecule has 0 bridgehead atoms. The van der Waals surface area contributed by atoms with E-state index in [0.29, 0.717) is 13.0 Å². The largest absolute Gasteiger partial charge is 0.466 e. The van der Waals surface area contributed by atoms with E-state index in [9.17, 15) is 4.79 Å². The summed E-state index contributed by atoms with van der Waals surface area (Å²) in [7, 11) is 0. The highest BCUT2D eigenvalue weighted by Crippen LogP contribution is 1.97. The third-order valence-electron chi connectivity index (χ3n) is 2.47. The van der Waals surface area contributed by atoms with Crippen LogP contribution in [0.2, 0.25) is 0 Å². The van der Waals surface area contributed by atoms with Crippen molar-refractivity contribution in [1.29, 1.82) is 0 Å². The van der Waals surface area contributed by atoms with Crippen LogP contribution >= 0.6 is 0 Å². The summed E-state index contributed by atoms with van der Waals surface area (Å²) in [6, 6.07) is 0. The summed E-state index contributed by atoms with van der Waals surface area (Å²) >= 11 is 0. The minimum atomic E-state index is -0.121. The molecule has 1 heterocycles. The molecule has 0 amide bonds. The van der Waals surface area contributed by atoms with E-state index in [-0.39, 0.29) is 5.97 Å². The molecule has 0 saturated carbocycles. The van der Waals surface area contributed by atoms with Crippen LogP contribution in [0.1, 0.15) is 32.5 Å². The molecule has 5 nitrogen and oxygen atoms in total. The molecule has 1 rings (SSSR count). The van der Waals surface area contributed by atoms with Crippen LogP contribution in [0.15, 0.2) is 12.4 Å². The molecule has 1 aromatic rings. The summed E-state index contributed by atoms with van der Waals surface area (Å²) < 4.78 is 6.94. The fourth-order valence-corrected chi connectivity index (χ4v) is 1.59. The Kier molecular flexibility index (Phi) is 6.32. The number of ether oxygens (including phenoxy) is 1. The van der Waals surface area contributed by atoms with Crippen LogP contribution in [-0.2, 0) is 22.6 Å². The third kappa shape index (κ3) is 4.99. The lowest BCUT2D eigenvalue weighted by Crippen LogP contribution is -2.19. The first-order valence-electron chi connectivity index (χ1n) is 6.14. The number of carbonyl (C=O) groups is 1. The van der Waals surface area contributed by atoms with E-state index in [2.05, 4.69) is 21.8 Å². The van der Waals surface area contributed by atoms with Gasteiger partial charge in [0.05, 0.1) is 13.2 Å². The molecular weight excluding hydrogens is 218 g/mol. The third-order valence-corrected chi connectivity index (χ3v) is 2.47. The molecule has 0 atom stereocenters. The van der Waals surface area contributed by atoms with E-state index in [1.165, 1.54) is 0 Å². The van der Waals surface area contributed by atoms with Gasteiger partial charge in [-0.1, -0.05) is 0 Å². The number of carbonyl (C=O) groups excluding carboxylic acids is 1. The van der Waals surface area contributed by atoms with E-state index < -0.39 is 0 Å². The van der Waals surface area contributed by atoms with Gasteiger partial charge < -0.3 is 14.6 Å². The maximum absolute atomic E-state index is 11.1. The second kappa shape index (κ2) is 7.84. The number of nitrogens with zero attached hydrogens (tertiary/aromatic N) is 2. The zero-order chi connectivity index (χ0) is 12.5. The Morgan fingerprint density at radius 3 is 3.06 bits per heavy atom. The van der Waals surface area contributed by atoms with Crippen molar-refractivity contribution in [3.05, 3.63) is 18.2 Å². The number of nitrogens with one attached hydrogen (secondary N) is 1. The molecule has 1 N–H and O–H groups in total. The molecule has 0 saturated heterocycles. The first kappa shape index (κ1) is 13.7. The molecule has 0 aliphatic carbocycles. The Labute approximate surface area is 102 Å². The molecule has 5 heteroatoms. The van der Waals surface area contributed by atoms with E-state index >= 15 is 0 Å². The summed E-state index contributed by atoms with van der Waals surface area (Å²) in [6.07, 6.45) is 5.05. The van der Waals surface area contributed by atoms with Crippen LogP contribution in [0.5, 0.6) is 0 Å². The molecule has 0 radical (unpaired) electrons. The lowest BCUT2D eigenvalue weighted by atomic mass is 10.3. The van der Waals surface area contributed by atoms with Gasteiger partial charge in [0.15, 0.2) is 0 Å². The van der Waals surface area contributed by atoms with Crippen molar-refractivity contribution in [2.75, 3.05) is 13.2 Å². The van der Waals surface area contributed by atoms with Crippen molar-refractivity contribution in [2.45, 2.75) is 39.8 Å². The zero-order valence-corrected chi connectivity index (χ0v) is 10.6. The van der Waals surface area contributed by atoms with Crippen molar-refractivity contribution >= 4 is 5.97 Å². The van der Waals surface area contributed by atoms with Crippen LogP contribution in [0.25, 0.3) is 0 Å². The van der Waals surface area contributed by atoms with Gasteiger partial charge in [-0.25, -0.2) is 4.98 Å². The maximum Gasteiger partial charge on any atom is 0.305 e. The lowest BCUT2D eigenvalue weighted by molar-refractivity contribution is -0.143. The molecule has 0 aromatic carbocycles. The quantitative estimate of drug-likeness (QED) is 0.549. The zero-order valence-electron chi connectivity index (χ0n) is 10.6. The monoisotopic (exact) mass is 239 g/mol. The number of aromatic nitrogens is 2. The Balaban J connectivity index is 2.10. The predicted octanol–water partition coefficient (Wildman–Crippen LogP) is 1.34. The van der Waals surface area contributed by atoms with Crippen molar-refractivity contribution in [1.82, 2.24) is 14.9 Å². The van der Waals surface area contributed by atoms with Crippen molar-refractivity contribution in [3.63, 3.8) is 0 Å². The Morgan fingerprint density at radius 2 is 2.35 bits per heavy atom. The molecule has 1 aromatic heterocycles. The molecule has 0 unspecified atom stereocenters. The smallest absolute Gasteiger partial charge is 0.305 e. The average molecular weight is 239 g/mol. The number of hydrogen-bond donors (Lipinski definition) is 1. The Morgan fingerprint density at radius 1 is 1.53 bits per heavy atom. The van der Waals surface area contributed by atoms with Gasteiger partial charge in [-0.15, -0.1) is 0 Å². The second-order valence-corrected chi connectivity index (χ2v) is 3.71. The number of rotatable bonds is 8. The van der Waals surface area contributed by atoms with Crippen LogP contribution in [-0.4, -0.2) is 28.7 Å². The molecule has 0 fully saturated rings. The fraction of sp³-hybridized carbons (Fsp3) is 0.667. The van der Waals surface area contributed by atoms with Crippen LogP contribution in [0.3, 0.4) is 0 Å². The molecule has 0 spiro atoms. The van der Waals surface area contributed by atoms with Crippen molar-refractivity contribution < 1.29 is 9.53 Å². The first-order valence-corrected chi connectivity index (χ1v) is 6.14.